The molecule has 0 saturated carbocycles. The van der Waals surface area contributed by atoms with E-state index in [0.29, 0.717) is 12.2 Å². The summed E-state index contributed by atoms with van der Waals surface area (Å²) in [4.78, 5) is 13.7. The molecule has 4 N–H and O–H groups in total. The fourth-order valence-electron chi connectivity index (χ4n) is 1.13. The van der Waals surface area contributed by atoms with Gasteiger partial charge in [0.05, 0.1) is 0 Å². The van der Waals surface area contributed by atoms with Crippen LogP contribution in [0.2, 0.25) is 0 Å². The zero-order chi connectivity index (χ0) is 11.4. The average Bonchev–Trinajstić information content (AvgIpc) is 2.18. The zero-order valence-corrected chi connectivity index (χ0v) is 8.82. The van der Waals surface area contributed by atoms with Gasteiger partial charge in [-0.05, 0) is 0 Å². The van der Waals surface area contributed by atoms with E-state index in [1.165, 1.54) is 12.3 Å². The number of aromatic nitrogens is 1. The molecule has 0 aliphatic carbocycles. The van der Waals surface area contributed by atoms with Gasteiger partial charge in [-0.15, -0.1) is 0 Å². The minimum atomic E-state index is -0.777. The first-order valence-electron chi connectivity index (χ1n) is 4.83. The summed E-state index contributed by atoms with van der Waals surface area (Å²) >= 11 is 0. The Morgan fingerprint density at radius 1 is 1.53 bits per heavy atom. The van der Waals surface area contributed by atoms with E-state index in [1.54, 1.807) is 0 Å². The Kier molecular flexibility index (Phi) is 3.88. The van der Waals surface area contributed by atoms with Crippen molar-refractivity contribution in [3.63, 3.8) is 0 Å². The molecule has 0 unspecified atom stereocenters. The number of aliphatic hydroxyl groups excluding tert-OH is 1. The van der Waals surface area contributed by atoms with E-state index in [0.717, 1.165) is 0 Å². The highest BCUT2D eigenvalue weighted by Gasteiger charge is 2.09. The van der Waals surface area contributed by atoms with Crippen molar-refractivity contribution in [3.05, 3.63) is 28.2 Å². The number of aromatic hydroxyl groups is 1. The highest BCUT2D eigenvalue weighted by molar-refractivity contribution is 5.19. The van der Waals surface area contributed by atoms with Crippen LogP contribution in [0.5, 0.6) is 5.75 Å². The fraction of sp³-hybridized carbons (Fsp3) is 0.500. The summed E-state index contributed by atoms with van der Waals surface area (Å²) in [6.45, 7) is 4.29. The van der Waals surface area contributed by atoms with Crippen LogP contribution in [0.25, 0.3) is 0 Å². The molecule has 0 spiro atoms. The molecule has 1 aromatic rings. The molecule has 0 saturated heterocycles. The molecule has 0 fully saturated rings. The lowest BCUT2D eigenvalue weighted by atomic mass is 10.2. The summed E-state index contributed by atoms with van der Waals surface area (Å²) in [5, 5.41) is 21.7. The predicted octanol–water partition coefficient (Wildman–Crippen LogP) is 0.112. The second-order valence-electron chi connectivity index (χ2n) is 3.72. The Morgan fingerprint density at radius 3 is 2.73 bits per heavy atom. The molecular weight excluding hydrogens is 196 g/mol. The Morgan fingerprint density at radius 2 is 2.20 bits per heavy atom. The van der Waals surface area contributed by atoms with Crippen molar-refractivity contribution < 1.29 is 10.2 Å². The number of aliphatic hydroxyl groups is 1. The third-order valence-electron chi connectivity index (χ3n) is 1.99. The third kappa shape index (κ3) is 3.38. The molecule has 84 valence electrons. The van der Waals surface area contributed by atoms with Crippen molar-refractivity contribution in [2.75, 3.05) is 6.54 Å². The largest absolute Gasteiger partial charge is 0.503 e. The summed E-state index contributed by atoms with van der Waals surface area (Å²) in [5.74, 6) is -0.345. The molecule has 1 heterocycles. The van der Waals surface area contributed by atoms with E-state index in [-0.39, 0.29) is 11.8 Å². The van der Waals surface area contributed by atoms with Gasteiger partial charge in [-0.1, -0.05) is 13.8 Å². The molecular formula is C10H16N2O3. The van der Waals surface area contributed by atoms with Crippen LogP contribution in [0.1, 0.15) is 25.6 Å². The smallest absolute Gasteiger partial charge is 0.223 e. The number of nitrogens with one attached hydrogen (secondary N) is 2. The first-order valence-corrected chi connectivity index (χ1v) is 4.83. The number of H-pyrrole nitrogens is 1. The number of pyridine rings is 1. The molecule has 5 nitrogen and oxygen atoms in total. The molecule has 0 bridgehead atoms. The monoisotopic (exact) mass is 212 g/mol. The van der Waals surface area contributed by atoms with Gasteiger partial charge >= 0.3 is 0 Å². The summed E-state index contributed by atoms with van der Waals surface area (Å²) in [5.41, 5.74) is -0.0988. The predicted molar refractivity (Wildman–Crippen MR) is 56.8 cm³/mol. The first kappa shape index (κ1) is 11.7. The lowest BCUT2D eigenvalue weighted by molar-refractivity contribution is 0.167. The van der Waals surface area contributed by atoms with E-state index < -0.39 is 11.5 Å². The maximum atomic E-state index is 11.1. The summed E-state index contributed by atoms with van der Waals surface area (Å²) in [7, 11) is 0. The first-order chi connectivity index (χ1) is 7.00. The van der Waals surface area contributed by atoms with E-state index in [1.807, 2.05) is 13.8 Å². The lowest BCUT2D eigenvalue weighted by Gasteiger charge is -2.13. The van der Waals surface area contributed by atoms with Crippen LogP contribution in [0.3, 0.4) is 0 Å². The normalized spacial score (nSPS) is 13.1. The van der Waals surface area contributed by atoms with Crippen LogP contribution in [0.15, 0.2) is 17.1 Å². The SMILES string of the molecule is CC(C)NC[C@H](O)c1cc(=O)c(O)c[nH]1. The van der Waals surface area contributed by atoms with Gasteiger partial charge in [0.2, 0.25) is 5.43 Å². The highest BCUT2D eigenvalue weighted by atomic mass is 16.3. The van der Waals surface area contributed by atoms with Gasteiger partial charge in [0.1, 0.15) is 6.10 Å². The molecule has 0 aliphatic rings. The quantitative estimate of drug-likeness (QED) is 0.570. The van der Waals surface area contributed by atoms with E-state index in [4.69, 9.17) is 5.11 Å². The van der Waals surface area contributed by atoms with E-state index >= 15 is 0 Å². The summed E-state index contributed by atoms with van der Waals surface area (Å²) < 4.78 is 0. The highest BCUT2D eigenvalue weighted by Crippen LogP contribution is 2.08. The third-order valence-corrected chi connectivity index (χ3v) is 1.99. The topological polar surface area (TPSA) is 85.3 Å². The van der Waals surface area contributed by atoms with Crippen molar-refractivity contribution in [2.24, 2.45) is 0 Å². The van der Waals surface area contributed by atoms with Crippen molar-refractivity contribution in [3.8, 4) is 5.75 Å². The van der Waals surface area contributed by atoms with E-state index in [9.17, 15) is 9.90 Å². The van der Waals surface area contributed by atoms with Gasteiger partial charge in [0.25, 0.3) is 0 Å². The second kappa shape index (κ2) is 4.95. The van der Waals surface area contributed by atoms with Crippen LogP contribution in [0.4, 0.5) is 0 Å². The number of aromatic amines is 1. The standard InChI is InChI=1S/C10H16N2O3/c1-6(2)11-4-9(14)7-3-8(13)10(15)5-12-7/h3,5-6,9,11,14-15H,4H2,1-2H3,(H,12,13)/t9-/m0/s1. The van der Waals surface area contributed by atoms with Gasteiger partial charge in [-0.2, -0.15) is 0 Å². The van der Waals surface area contributed by atoms with Gasteiger partial charge in [-0.3, -0.25) is 4.79 Å². The van der Waals surface area contributed by atoms with Gasteiger partial charge in [0.15, 0.2) is 5.75 Å². The van der Waals surface area contributed by atoms with E-state index in [2.05, 4.69) is 10.3 Å². The molecule has 0 aliphatic heterocycles. The van der Waals surface area contributed by atoms with Gasteiger partial charge in [-0.25, -0.2) is 0 Å². The lowest BCUT2D eigenvalue weighted by Crippen LogP contribution is -2.28. The van der Waals surface area contributed by atoms with Crippen molar-refractivity contribution >= 4 is 0 Å². The Balaban J connectivity index is 2.70. The molecule has 0 amide bonds. The molecule has 1 aromatic heterocycles. The Bertz CT molecular complexity index is 373. The van der Waals surface area contributed by atoms with Crippen LogP contribution >= 0.6 is 0 Å². The Labute approximate surface area is 87.8 Å². The van der Waals surface area contributed by atoms with Crippen molar-refractivity contribution in [1.82, 2.24) is 10.3 Å². The molecule has 15 heavy (non-hydrogen) atoms. The maximum absolute atomic E-state index is 11.1. The minimum Gasteiger partial charge on any atom is -0.503 e. The maximum Gasteiger partial charge on any atom is 0.223 e. The van der Waals surface area contributed by atoms with Gasteiger partial charge < -0.3 is 20.5 Å². The Hall–Kier alpha value is -1.33. The molecule has 5 heteroatoms. The zero-order valence-electron chi connectivity index (χ0n) is 8.82. The van der Waals surface area contributed by atoms with Crippen LogP contribution < -0.4 is 10.7 Å². The van der Waals surface area contributed by atoms with Crippen molar-refractivity contribution in [2.45, 2.75) is 26.0 Å². The second-order valence-corrected chi connectivity index (χ2v) is 3.72. The molecule has 0 radical (unpaired) electrons. The minimum absolute atomic E-state index is 0.267. The molecule has 1 atom stereocenters. The van der Waals surface area contributed by atoms with Crippen LogP contribution in [-0.2, 0) is 0 Å². The fourth-order valence-corrected chi connectivity index (χ4v) is 1.13. The summed E-state index contributed by atoms with van der Waals surface area (Å²) in [6.07, 6.45) is 0.400. The number of hydrogen-bond donors (Lipinski definition) is 4. The molecule has 0 aromatic carbocycles. The summed E-state index contributed by atoms with van der Waals surface area (Å²) in [6, 6.07) is 1.46. The number of hydrogen-bond acceptors (Lipinski definition) is 4. The number of rotatable bonds is 4. The van der Waals surface area contributed by atoms with Crippen LogP contribution in [0, 0.1) is 0 Å². The van der Waals surface area contributed by atoms with Crippen LogP contribution in [-0.4, -0.2) is 27.8 Å². The van der Waals surface area contributed by atoms with Gasteiger partial charge in [0, 0.05) is 30.5 Å². The average molecular weight is 212 g/mol. The molecule has 1 rings (SSSR count). The van der Waals surface area contributed by atoms with Crippen molar-refractivity contribution in [1.29, 1.82) is 0 Å².